The normalized spacial score (nSPS) is 10.9. The SMILES string of the molecule is COc1ccc(-c2coc3cc(OCc4c(F)cccc4F)ccc3c2=O)cc1. The molecule has 0 aliphatic carbocycles. The van der Waals surface area contributed by atoms with Crippen molar-refractivity contribution < 1.29 is 22.7 Å². The van der Waals surface area contributed by atoms with Gasteiger partial charge < -0.3 is 13.9 Å². The molecule has 3 aromatic carbocycles. The van der Waals surface area contributed by atoms with Gasteiger partial charge in [0.25, 0.3) is 0 Å². The summed E-state index contributed by atoms with van der Waals surface area (Å²) in [5.41, 5.74) is 1.09. The van der Waals surface area contributed by atoms with E-state index in [9.17, 15) is 13.6 Å². The Kier molecular flexibility index (Phi) is 4.99. The lowest BCUT2D eigenvalue weighted by Crippen LogP contribution is -2.05. The van der Waals surface area contributed by atoms with E-state index in [4.69, 9.17) is 13.9 Å². The molecule has 0 N–H and O–H groups in total. The van der Waals surface area contributed by atoms with Crippen LogP contribution in [-0.2, 0) is 6.61 Å². The van der Waals surface area contributed by atoms with Crippen LogP contribution < -0.4 is 14.9 Å². The Balaban J connectivity index is 1.62. The zero-order valence-corrected chi connectivity index (χ0v) is 15.4. The Morgan fingerprint density at radius 1 is 0.931 bits per heavy atom. The molecule has 0 saturated heterocycles. The van der Waals surface area contributed by atoms with E-state index >= 15 is 0 Å². The van der Waals surface area contributed by atoms with Gasteiger partial charge in [-0.25, -0.2) is 8.78 Å². The minimum Gasteiger partial charge on any atom is -0.497 e. The van der Waals surface area contributed by atoms with E-state index in [1.165, 1.54) is 30.5 Å². The zero-order chi connectivity index (χ0) is 20.4. The van der Waals surface area contributed by atoms with Gasteiger partial charge in [0.05, 0.1) is 23.6 Å². The number of methoxy groups -OCH3 is 1. The molecule has 0 saturated carbocycles. The summed E-state index contributed by atoms with van der Waals surface area (Å²) < 4.78 is 43.7. The molecule has 1 heterocycles. The smallest absolute Gasteiger partial charge is 0.200 e. The number of rotatable bonds is 5. The lowest BCUT2D eigenvalue weighted by atomic mass is 10.1. The van der Waals surface area contributed by atoms with Crippen LogP contribution in [-0.4, -0.2) is 7.11 Å². The Morgan fingerprint density at radius 3 is 2.31 bits per heavy atom. The Morgan fingerprint density at radius 2 is 1.62 bits per heavy atom. The van der Waals surface area contributed by atoms with E-state index in [2.05, 4.69) is 0 Å². The van der Waals surface area contributed by atoms with Crippen molar-refractivity contribution in [1.29, 1.82) is 0 Å². The summed E-state index contributed by atoms with van der Waals surface area (Å²) in [5, 5.41) is 0.378. The Labute approximate surface area is 164 Å². The van der Waals surface area contributed by atoms with Crippen molar-refractivity contribution in [2.45, 2.75) is 6.61 Å². The molecule has 4 aromatic rings. The fourth-order valence-corrected chi connectivity index (χ4v) is 2.99. The predicted molar refractivity (Wildman–Crippen MR) is 105 cm³/mol. The second-order valence-electron chi connectivity index (χ2n) is 6.35. The first-order chi connectivity index (χ1) is 14.1. The van der Waals surface area contributed by atoms with Crippen molar-refractivity contribution in [2.24, 2.45) is 0 Å². The van der Waals surface area contributed by atoms with Gasteiger partial charge in [-0.05, 0) is 42.0 Å². The van der Waals surface area contributed by atoms with Crippen LogP contribution in [0.25, 0.3) is 22.1 Å². The molecule has 4 nitrogen and oxygen atoms in total. The van der Waals surface area contributed by atoms with Gasteiger partial charge in [-0.1, -0.05) is 18.2 Å². The predicted octanol–water partition coefficient (Wildman–Crippen LogP) is 5.33. The molecule has 0 fully saturated rings. The van der Waals surface area contributed by atoms with Crippen LogP contribution in [0.15, 0.2) is 76.1 Å². The van der Waals surface area contributed by atoms with E-state index < -0.39 is 11.6 Å². The molecule has 0 atom stereocenters. The first-order valence-corrected chi connectivity index (χ1v) is 8.82. The highest BCUT2D eigenvalue weighted by atomic mass is 19.1. The summed E-state index contributed by atoms with van der Waals surface area (Å²) in [5.74, 6) is -0.338. The van der Waals surface area contributed by atoms with Crippen LogP contribution in [0.2, 0.25) is 0 Å². The van der Waals surface area contributed by atoms with Crippen molar-refractivity contribution in [3.63, 3.8) is 0 Å². The average molecular weight is 394 g/mol. The second kappa shape index (κ2) is 7.75. The first-order valence-electron chi connectivity index (χ1n) is 8.82. The van der Waals surface area contributed by atoms with Gasteiger partial charge in [-0.15, -0.1) is 0 Å². The summed E-state index contributed by atoms with van der Waals surface area (Å²) in [7, 11) is 1.57. The number of benzene rings is 3. The lowest BCUT2D eigenvalue weighted by Gasteiger charge is -2.09. The summed E-state index contributed by atoms with van der Waals surface area (Å²) in [6.45, 7) is -0.280. The number of hydrogen-bond acceptors (Lipinski definition) is 4. The maximum atomic E-state index is 13.7. The quantitative estimate of drug-likeness (QED) is 0.459. The van der Waals surface area contributed by atoms with Crippen LogP contribution >= 0.6 is 0 Å². The minimum absolute atomic E-state index is 0.163. The summed E-state index contributed by atoms with van der Waals surface area (Å²) in [6, 6.07) is 15.4. The van der Waals surface area contributed by atoms with Gasteiger partial charge >= 0.3 is 0 Å². The van der Waals surface area contributed by atoms with Crippen molar-refractivity contribution in [2.75, 3.05) is 7.11 Å². The van der Waals surface area contributed by atoms with Gasteiger partial charge in [0.15, 0.2) is 5.43 Å². The van der Waals surface area contributed by atoms with Crippen LogP contribution in [0.3, 0.4) is 0 Å². The monoisotopic (exact) mass is 394 g/mol. The fourth-order valence-electron chi connectivity index (χ4n) is 2.99. The number of fused-ring (bicyclic) bond motifs is 1. The van der Waals surface area contributed by atoms with Crippen molar-refractivity contribution >= 4 is 11.0 Å². The first kappa shape index (κ1) is 18.7. The Hall–Kier alpha value is -3.67. The van der Waals surface area contributed by atoms with Gasteiger partial charge in [-0.3, -0.25) is 4.79 Å². The molecule has 6 heteroatoms. The molecule has 146 valence electrons. The summed E-state index contributed by atoms with van der Waals surface area (Å²) >= 11 is 0. The number of hydrogen-bond donors (Lipinski definition) is 0. The van der Waals surface area contributed by atoms with Crippen molar-refractivity contribution in [3.05, 3.63) is 94.3 Å². The average Bonchev–Trinajstić information content (AvgIpc) is 2.74. The van der Waals surface area contributed by atoms with Gasteiger partial charge in [0.2, 0.25) is 0 Å². The van der Waals surface area contributed by atoms with Gasteiger partial charge in [-0.2, -0.15) is 0 Å². The van der Waals surface area contributed by atoms with Crippen LogP contribution in [0, 0.1) is 11.6 Å². The standard InChI is InChI=1S/C23H16F2O4/c1-27-15-7-5-14(6-8-15)18-12-29-22-11-16(9-10-17(22)23(18)26)28-13-19-20(24)3-2-4-21(19)25/h2-12H,13H2,1H3. The minimum atomic E-state index is -0.679. The van der Waals surface area contributed by atoms with E-state index in [1.54, 1.807) is 43.5 Å². The van der Waals surface area contributed by atoms with E-state index in [-0.39, 0.29) is 17.6 Å². The van der Waals surface area contributed by atoms with Crippen molar-refractivity contribution in [1.82, 2.24) is 0 Å². The topological polar surface area (TPSA) is 48.7 Å². The summed E-state index contributed by atoms with van der Waals surface area (Å²) in [4.78, 5) is 12.8. The molecule has 0 bridgehead atoms. The molecule has 0 amide bonds. The molecule has 1 aromatic heterocycles. The highest BCUT2D eigenvalue weighted by molar-refractivity contribution is 5.82. The van der Waals surface area contributed by atoms with Crippen LogP contribution in [0.4, 0.5) is 8.78 Å². The third-order valence-electron chi connectivity index (χ3n) is 4.59. The molecule has 0 radical (unpaired) electrons. The van der Waals surface area contributed by atoms with Crippen molar-refractivity contribution in [3.8, 4) is 22.6 Å². The molecule has 29 heavy (non-hydrogen) atoms. The molecule has 4 rings (SSSR count). The molecular formula is C23H16F2O4. The second-order valence-corrected chi connectivity index (χ2v) is 6.35. The number of halogens is 2. The lowest BCUT2D eigenvalue weighted by molar-refractivity contribution is 0.292. The van der Waals surface area contributed by atoms with E-state index in [1.807, 2.05) is 0 Å². The van der Waals surface area contributed by atoms with Gasteiger partial charge in [0, 0.05) is 6.07 Å². The highest BCUT2D eigenvalue weighted by Gasteiger charge is 2.12. The maximum absolute atomic E-state index is 13.7. The molecule has 0 unspecified atom stereocenters. The molecular weight excluding hydrogens is 378 g/mol. The zero-order valence-electron chi connectivity index (χ0n) is 15.4. The van der Waals surface area contributed by atoms with E-state index in [0.717, 1.165) is 0 Å². The van der Waals surface area contributed by atoms with Crippen LogP contribution in [0.1, 0.15) is 5.56 Å². The molecule has 0 aliphatic rings. The maximum Gasteiger partial charge on any atom is 0.200 e. The Bertz CT molecular complexity index is 1210. The van der Waals surface area contributed by atoms with E-state index in [0.29, 0.717) is 33.6 Å². The number of ether oxygens (including phenoxy) is 2. The largest absolute Gasteiger partial charge is 0.497 e. The fraction of sp³-hybridized carbons (Fsp3) is 0.0870. The van der Waals surface area contributed by atoms with Crippen LogP contribution in [0.5, 0.6) is 11.5 Å². The van der Waals surface area contributed by atoms with Gasteiger partial charge in [0.1, 0.15) is 41.6 Å². The third kappa shape index (κ3) is 3.69. The molecule has 0 aliphatic heterocycles. The molecule has 0 spiro atoms. The highest BCUT2D eigenvalue weighted by Crippen LogP contribution is 2.25. The third-order valence-corrected chi connectivity index (χ3v) is 4.59. The summed E-state index contributed by atoms with van der Waals surface area (Å²) in [6.07, 6.45) is 1.38.